The maximum Gasteiger partial charge on any atom is 0.236 e. The Bertz CT molecular complexity index is 261. The first-order valence-corrected chi connectivity index (χ1v) is 3.58. The van der Waals surface area contributed by atoms with Gasteiger partial charge in [-0.3, -0.25) is 5.10 Å². The van der Waals surface area contributed by atoms with Crippen LogP contribution in [0.3, 0.4) is 0 Å². The standard InChI is InChI=1S/C5H10N4S/c1-2-3-4-7-5(10)9(6)8-4/h2-3,6H2,1H3,(H,7,8,10). The third kappa shape index (κ3) is 1.36. The number of H-pyrrole nitrogens is 1. The fraction of sp³-hybridized carbons (Fsp3) is 0.600. The predicted octanol–water partition coefficient (Wildman–Crippen LogP) is 0.607. The molecular formula is C5H10N4S. The largest absolute Gasteiger partial charge is 0.322 e. The van der Waals surface area contributed by atoms with Gasteiger partial charge in [0.1, 0.15) is 5.82 Å². The van der Waals surface area contributed by atoms with Gasteiger partial charge in [-0.05, 0) is 18.6 Å². The molecule has 1 rings (SSSR count). The molecule has 0 saturated heterocycles. The molecule has 56 valence electrons. The smallest absolute Gasteiger partial charge is 0.236 e. The van der Waals surface area contributed by atoms with Gasteiger partial charge in [0, 0.05) is 6.42 Å². The number of rotatable bonds is 2. The van der Waals surface area contributed by atoms with Crippen molar-refractivity contribution in [1.82, 2.24) is 14.9 Å². The van der Waals surface area contributed by atoms with Gasteiger partial charge in [0.2, 0.25) is 4.77 Å². The van der Waals surface area contributed by atoms with Crippen LogP contribution in [-0.4, -0.2) is 14.9 Å². The van der Waals surface area contributed by atoms with Crippen LogP contribution in [0.5, 0.6) is 0 Å². The topological polar surface area (TPSA) is 59.6 Å². The molecule has 0 aliphatic carbocycles. The minimum absolute atomic E-state index is 0.406. The van der Waals surface area contributed by atoms with Crippen LogP contribution in [0.15, 0.2) is 0 Å². The van der Waals surface area contributed by atoms with Crippen molar-refractivity contribution in [3.05, 3.63) is 10.6 Å². The summed E-state index contributed by atoms with van der Waals surface area (Å²) in [5.41, 5.74) is 0. The highest BCUT2D eigenvalue weighted by molar-refractivity contribution is 7.71. The van der Waals surface area contributed by atoms with E-state index in [9.17, 15) is 0 Å². The van der Waals surface area contributed by atoms with Crippen molar-refractivity contribution >= 4 is 12.2 Å². The van der Waals surface area contributed by atoms with Crippen LogP contribution in [0.2, 0.25) is 0 Å². The molecule has 5 heteroatoms. The van der Waals surface area contributed by atoms with Crippen molar-refractivity contribution in [2.45, 2.75) is 19.8 Å². The number of nitrogens with one attached hydrogen (secondary N) is 1. The molecule has 0 spiro atoms. The van der Waals surface area contributed by atoms with E-state index in [-0.39, 0.29) is 0 Å². The molecule has 0 aromatic carbocycles. The Labute approximate surface area is 64.0 Å². The summed E-state index contributed by atoms with van der Waals surface area (Å²) in [4.78, 5) is 5.25. The summed E-state index contributed by atoms with van der Waals surface area (Å²) in [5, 5.41) is 2.82. The Morgan fingerprint density at radius 1 is 1.80 bits per heavy atom. The van der Waals surface area contributed by atoms with Crippen LogP contribution >= 0.6 is 12.2 Å². The predicted molar refractivity (Wildman–Crippen MR) is 41.6 cm³/mol. The SMILES string of the molecule is CCCc1nc(=S)n(N)[nH]1. The van der Waals surface area contributed by atoms with Gasteiger partial charge in [0.25, 0.3) is 0 Å². The second-order valence-corrected chi connectivity index (χ2v) is 2.44. The van der Waals surface area contributed by atoms with Gasteiger partial charge in [-0.1, -0.05) is 6.92 Å². The van der Waals surface area contributed by atoms with Gasteiger partial charge in [0.15, 0.2) is 0 Å². The van der Waals surface area contributed by atoms with E-state index < -0.39 is 0 Å². The molecule has 10 heavy (non-hydrogen) atoms. The molecule has 0 bridgehead atoms. The van der Waals surface area contributed by atoms with Crippen molar-refractivity contribution in [1.29, 1.82) is 0 Å². The van der Waals surface area contributed by atoms with E-state index in [1.54, 1.807) is 0 Å². The zero-order chi connectivity index (χ0) is 7.56. The first-order valence-electron chi connectivity index (χ1n) is 3.17. The van der Waals surface area contributed by atoms with E-state index in [0.29, 0.717) is 4.77 Å². The van der Waals surface area contributed by atoms with Gasteiger partial charge in [-0.25, -0.2) is 4.98 Å². The Balaban J connectivity index is 2.88. The molecule has 1 aromatic rings. The third-order valence-electron chi connectivity index (χ3n) is 1.17. The Morgan fingerprint density at radius 2 is 2.50 bits per heavy atom. The number of aryl methyl sites for hydroxylation is 1. The second kappa shape index (κ2) is 2.83. The summed E-state index contributed by atoms with van der Waals surface area (Å²) in [7, 11) is 0. The first-order chi connectivity index (χ1) is 4.74. The number of nitrogens with zero attached hydrogens (tertiary/aromatic N) is 2. The number of nitrogen functional groups attached to an aromatic ring is 1. The zero-order valence-electron chi connectivity index (χ0n) is 5.79. The Hall–Kier alpha value is -0.840. The number of aromatic amines is 1. The average Bonchev–Trinajstić information content (AvgIpc) is 2.14. The minimum atomic E-state index is 0.406. The van der Waals surface area contributed by atoms with E-state index in [1.165, 1.54) is 4.79 Å². The molecule has 3 N–H and O–H groups in total. The van der Waals surface area contributed by atoms with Gasteiger partial charge < -0.3 is 5.84 Å². The molecule has 0 aliphatic rings. The van der Waals surface area contributed by atoms with Gasteiger partial charge in [-0.2, -0.15) is 4.79 Å². The number of hydrogen-bond acceptors (Lipinski definition) is 3. The lowest BCUT2D eigenvalue weighted by atomic mass is 10.3. The fourth-order valence-corrected chi connectivity index (χ4v) is 0.886. The molecule has 0 unspecified atom stereocenters. The summed E-state index contributed by atoms with van der Waals surface area (Å²) < 4.78 is 0.406. The second-order valence-electron chi connectivity index (χ2n) is 2.07. The lowest BCUT2D eigenvalue weighted by molar-refractivity contribution is 0.770. The molecule has 1 heterocycles. The van der Waals surface area contributed by atoms with E-state index in [2.05, 4.69) is 17.0 Å². The lowest BCUT2D eigenvalue weighted by Crippen LogP contribution is -2.09. The van der Waals surface area contributed by atoms with Crippen molar-refractivity contribution in [3.8, 4) is 0 Å². The average molecular weight is 158 g/mol. The van der Waals surface area contributed by atoms with Crippen molar-refractivity contribution < 1.29 is 0 Å². The summed E-state index contributed by atoms with van der Waals surface area (Å²) in [5.74, 6) is 6.22. The molecular weight excluding hydrogens is 148 g/mol. The highest BCUT2D eigenvalue weighted by atomic mass is 32.1. The normalized spacial score (nSPS) is 10.1. The van der Waals surface area contributed by atoms with Crippen LogP contribution in [0, 0.1) is 4.77 Å². The Kier molecular flexibility index (Phi) is 2.06. The highest BCUT2D eigenvalue weighted by Gasteiger charge is 1.95. The maximum absolute atomic E-state index is 5.37. The molecule has 0 saturated carbocycles. The first kappa shape index (κ1) is 7.27. The van der Waals surface area contributed by atoms with Crippen LogP contribution in [0.1, 0.15) is 19.2 Å². The molecule has 0 amide bonds. The zero-order valence-corrected chi connectivity index (χ0v) is 6.61. The third-order valence-corrected chi connectivity index (χ3v) is 1.46. The Morgan fingerprint density at radius 3 is 2.90 bits per heavy atom. The van der Waals surface area contributed by atoms with Crippen molar-refractivity contribution in [3.63, 3.8) is 0 Å². The quantitative estimate of drug-likeness (QED) is 0.489. The van der Waals surface area contributed by atoms with Gasteiger partial charge in [0.05, 0.1) is 0 Å². The minimum Gasteiger partial charge on any atom is -0.322 e. The van der Waals surface area contributed by atoms with E-state index in [4.69, 9.17) is 18.1 Å². The summed E-state index contributed by atoms with van der Waals surface area (Å²) in [6.45, 7) is 2.08. The van der Waals surface area contributed by atoms with Gasteiger partial charge >= 0.3 is 0 Å². The van der Waals surface area contributed by atoms with E-state index in [0.717, 1.165) is 18.7 Å². The maximum atomic E-state index is 5.37. The van der Waals surface area contributed by atoms with Crippen molar-refractivity contribution in [2.75, 3.05) is 5.84 Å². The fourth-order valence-electron chi connectivity index (χ4n) is 0.730. The number of aromatic nitrogens is 3. The molecule has 0 aliphatic heterocycles. The van der Waals surface area contributed by atoms with Crippen LogP contribution < -0.4 is 5.84 Å². The van der Waals surface area contributed by atoms with Crippen LogP contribution in [0.4, 0.5) is 0 Å². The highest BCUT2D eigenvalue weighted by Crippen LogP contribution is 1.93. The molecule has 0 radical (unpaired) electrons. The lowest BCUT2D eigenvalue weighted by Gasteiger charge is -1.88. The monoisotopic (exact) mass is 158 g/mol. The van der Waals surface area contributed by atoms with Crippen LogP contribution in [-0.2, 0) is 6.42 Å². The molecule has 0 fully saturated rings. The summed E-state index contributed by atoms with van der Waals surface area (Å²) >= 11 is 4.78. The van der Waals surface area contributed by atoms with Gasteiger partial charge in [-0.15, -0.1) is 0 Å². The molecule has 0 atom stereocenters. The number of hydrogen-bond donors (Lipinski definition) is 2. The molecule has 1 aromatic heterocycles. The summed E-state index contributed by atoms with van der Waals surface area (Å²) in [6.07, 6.45) is 1.94. The van der Waals surface area contributed by atoms with Crippen molar-refractivity contribution in [2.24, 2.45) is 0 Å². The van der Waals surface area contributed by atoms with E-state index >= 15 is 0 Å². The number of nitrogens with two attached hydrogens (primary N) is 1. The van der Waals surface area contributed by atoms with E-state index in [1.807, 2.05) is 0 Å². The molecule has 4 nitrogen and oxygen atoms in total. The summed E-state index contributed by atoms with van der Waals surface area (Å²) in [6, 6.07) is 0. The van der Waals surface area contributed by atoms with Crippen LogP contribution in [0.25, 0.3) is 0 Å².